The summed E-state index contributed by atoms with van der Waals surface area (Å²) in [6.45, 7) is 8.78. The summed E-state index contributed by atoms with van der Waals surface area (Å²) in [5, 5.41) is 0. The molecule has 0 saturated carbocycles. The Labute approximate surface area is 153 Å². The van der Waals surface area contributed by atoms with Crippen molar-refractivity contribution in [3.63, 3.8) is 0 Å². The van der Waals surface area contributed by atoms with E-state index in [-0.39, 0.29) is 12.0 Å². The van der Waals surface area contributed by atoms with Crippen molar-refractivity contribution in [2.24, 2.45) is 5.92 Å². The first-order valence-electron chi connectivity index (χ1n) is 9.25. The van der Waals surface area contributed by atoms with E-state index >= 15 is 0 Å². The van der Waals surface area contributed by atoms with Gasteiger partial charge in [-0.2, -0.15) is 0 Å². The van der Waals surface area contributed by atoms with Crippen LogP contribution in [0.15, 0.2) is 58.4 Å². The molecular weight excluding hydrogens is 348 g/mol. The van der Waals surface area contributed by atoms with Gasteiger partial charge in [0.2, 0.25) is 9.84 Å². The lowest BCUT2D eigenvalue weighted by Gasteiger charge is -2.34. The molecule has 0 saturated heterocycles. The molecule has 0 heterocycles. The van der Waals surface area contributed by atoms with Gasteiger partial charge in [0, 0.05) is 0 Å². The van der Waals surface area contributed by atoms with Gasteiger partial charge < -0.3 is 4.43 Å². The van der Waals surface area contributed by atoms with E-state index in [0.717, 1.165) is 18.1 Å². The highest BCUT2D eigenvalue weighted by Gasteiger charge is 2.34. The van der Waals surface area contributed by atoms with Gasteiger partial charge in [-0.3, -0.25) is 0 Å². The van der Waals surface area contributed by atoms with Crippen LogP contribution in [0.4, 0.5) is 0 Å². The molecule has 0 spiro atoms. The lowest BCUT2D eigenvalue weighted by atomic mass is 10.0. The second-order valence-electron chi connectivity index (χ2n) is 6.78. The summed E-state index contributed by atoms with van der Waals surface area (Å²) in [4.78, 5) is 0.728. The Morgan fingerprint density at radius 2 is 1.68 bits per heavy atom. The molecule has 25 heavy (non-hydrogen) atoms. The zero-order valence-corrected chi connectivity index (χ0v) is 17.6. The highest BCUT2D eigenvalue weighted by Crippen LogP contribution is 2.31. The number of sulfone groups is 1. The summed E-state index contributed by atoms with van der Waals surface area (Å²) >= 11 is 0. The molecule has 0 aliphatic heterocycles. The molecule has 1 aromatic carbocycles. The Hall–Kier alpha value is -1.17. The molecule has 0 N–H and O–H groups in total. The van der Waals surface area contributed by atoms with Crippen LogP contribution >= 0.6 is 0 Å². The molecule has 1 aliphatic rings. The van der Waals surface area contributed by atoms with Crippen molar-refractivity contribution in [3.05, 3.63) is 53.5 Å². The van der Waals surface area contributed by atoms with Crippen molar-refractivity contribution >= 4 is 18.2 Å². The molecule has 0 aromatic heterocycles. The summed E-state index contributed by atoms with van der Waals surface area (Å²) in [6.07, 6.45) is 6.29. The highest BCUT2D eigenvalue weighted by molar-refractivity contribution is 7.95. The zero-order chi connectivity index (χ0) is 18.5. The van der Waals surface area contributed by atoms with Crippen molar-refractivity contribution in [1.82, 2.24) is 0 Å². The molecule has 1 aromatic rings. The molecule has 1 aliphatic carbocycles. The number of rotatable bonds is 7. The van der Waals surface area contributed by atoms with E-state index in [9.17, 15) is 8.42 Å². The first-order valence-corrected chi connectivity index (χ1v) is 13.3. The van der Waals surface area contributed by atoms with Crippen molar-refractivity contribution in [2.75, 3.05) is 0 Å². The average molecular weight is 379 g/mol. The van der Waals surface area contributed by atoms with E-state index in [4.69, 9.17) is 4.43 Å². The maximum atomic E-state index is 12.9. The third-order valence-electron chi connectivity index (χ3n) is 5.40. The molecule has 5 heteroatoms. The largest absolute Gasteiger partial charge is 0.413 e. The minimum atomic E-state index is -3.46. The summed E-state index contributed by atoms with van der Waals surface area (Å²) in [5.41, 5.74) is 0. The van der Waals surface area contributed by atoms with Gasteiger partial charge >= 0.3 is 0 Å². The van der Waals surface area contributed by atoms with Crippen LogP contribution < -0.4 is 0 Å². The van der Waals surface area contributed by atoms with E-state index in [0.29, 0.717) is 16.2 Å². The second-order valence-corrected chi connectivity index (χ2v) is 13.4. The maximum absolute atomic E-state index is 12.9. The Morgan fingerprint density at radius 1 is 1.08 bits per heavy atom. The van der Waals surface area contributed by atoms with Gasteiger partial charge in [0.15, 0.2) is 8.32 Å². The molecule has 138 valence electrons. The fraction of sp³-hybridized carbons (Fsp3) is 0.500. The second kappa shape index (κ2) is 8.47. The van der Waals surface area contributed by atoms with Gasteiger partial charge in [-0.25, -0.2) is 8.42 Å². The van der Waals surface area contributed by atoms with Gasteiger partial charge in [-0.15, -0.1) is 0 Å². The average Bonchev–Trinajstić information content (AvgIpc) is 2.83. The van der Waals surface area contributed by atoms with Crippen LogP contribution in [0.3, 0.4) is 0 Å². The van der Waals surface area contributed by atoms with Crippen molar-refractivity contribution in [3.8, 4) is 0 Å². The summed E-state index contributed by atoms with van der Waals surface area (Å²) < 4.78 is 32.3. The lowest BCUT2D eigenvalue weighted by molar-refractivity contribution is 0.154. The van der Waals surface area contributed by atoms with Crippen LogP contribution in [-0.2, 0) is 14.3 Å². The van der Waals surface area contributed by atoms with E-state index in [1.165, 1.54) is 0 Å². The van der Waals surface area contributed by atoms with Crippen LogP contribution in [0.2, 0.25) is 18.1 Å². The van der Waals surface area contributed by atoms with E-state index < -0.39 is 18.2 Å². The number of hydrogen-bond donors (Lipinski definition) is 0. The van der Waals surface area contributed by atoms with Gasteiger partial charge in [0.05, 0.1) is 15.9 Å². The van der Waals surface area contributed by atoms with Gasteiger partial charge in [-0.1, -0.05) is 58.0 Å². The molecule has 0 fully saturated rings. The van der Waals surface area contributed by atoms with Crippen molar-refractivity contribution in [1.29, 1.82) is 0 Å². The van der Waals surface area contributed by atoms with Crippen LogP contribution in [0.25, 0.3) is 0 Å². The molecule has 2 atom stereocenters. The topological polar surface area (TPSA) is 43.4 Å². The highest BCUT2D eigenvalue weighted by atomic mass is 32.2. The standard InChI is InChI=1S/C20H30O3SSi/c1-5-25(6-2,7-3)23-20-16-15-19(14-13-17(20)4)24(21,22)18-11-9-8-10-12-18/h8-15,17,20H,5-7,16H2,1-4H3/t17-,20+/m0/s1. The summed E-state index contributed by atoms with van der Waals surface area (Å²) in [5.74, 6) is 0.205. The lowest BCUT2D eigenvalue weighted by Crippen LogP contribution is -2.41. The van der Waals surface area contributed by atoms with E-state index in [1.54, 1.807) is 30.3 Å². The quantitative estimate of drug-likeness (QED) is 0.602. The number of allylic oxidation sites excluding steroid dienone is 1. The third kappa shape index (κ3) is 4.52. The Balaban J connectivity index is 2.27. The maximum Gasteiger partial charge on any atom is 0.206 e. The molecule has 0 bridgehead atoms. The minimum absolute atomic E-state index is 0.0613. The molecular formula is C20H30O3SSi. The first-order chi connectivity index (χ1) is 11.9. The van der Waals surface area contributed by atoms with Gasteiger partial charge in [0.1, 0.15) is 0 Å². The van der Waals surface area contributed by atoms with Crippen LogP contribution in [0, 0.1) is 5.92 Å². The van der Waals surface area contributed by atoms with Gasteiger partial charge in [-0.05, 0) is 48.7 Å². The SMILES string of the molecule is CC[Si](CC)(CC)O[C@@H]1CC=C(S(=O)(=O)c2ccccc2)C=C[C@@H]1C. The Kier molecular flexibility index (Phi) is 6.83. The predicted octanol–water partition coefficient (Wildman–Crippen LogP) is 5.33. The fourth-order valence-corrected chi connectivity index (χ4v) is 7.61. The van der Waals surface area contributed by atoms with Crippen molar-refractivity contribution < 1.29 is 12.8 Å². The molecule has 3 nitrogen and oxygen atoms in total. The molecule has 0 radical (unpaired) electrons. The normalized spacial score (nSPS) is 21.7. The number of benzene rings is 1. The predicted molar refractivity (Wildman–Crippen MR) is 107 cm³/mol. The van der Waals surface area contributed by atoms with Crippen LogP contribution in [-0.4, -0.2) is 22.8 Å². The zero-order valence-electron chi connectivity index (χ0n) is 15.7. The third-order valence-corrected chi connectivity index (χ3v) is 11.9. The number of hydrogen-bond acceptors (Lipinski definition) is 3. The monoisotopic (exact) mass is 378 g/mol. The minimum Gasteiger partial charge on any atom is -0.413 e. The van der Waals surface area contributed by atoms with Crippen LogP contribution in [0.1, 0.15) is 34.1 Å². The molecule has 2 rings (SSSR count). The summed E-state index contributed by atoms with van der Waals surface area (Å²) in [7, 11) is -5.18. The van der Waals surface area contributed by atoms with E-state index in [2.05, 4.69) is 27.7 Å². The van der Waals surface area contributed by atoms with Gasteiger partial charge in [0.25, 0.3) is 0 Å². The molecule has 0 unspecified atom stereocenters. The summed E-state index contributed by atoms with van der Waals surface area (Å²) in [6, 6.07) is 11.9. The fourth-order valence-electron chi connectivity index (χ4n) is 3.30. The van der Waals surface area contributed by atoms with Crippen molar-refractivity contribution in [2.45, 2.75) is 63.2 Å². The first kappa shape index (κ1) is 20.1. The Morgan fingerprint density at radius 3 is 2.24 bits per heavy atom. The molecule has 0 amide bonds. The van der Waals surface area contributed by atoms with E-state index in [1.807, 2.05) is 18.2 Å². The Bertz CT molecular complexity index is 710. The smallest absolute Gasteiger partial charge is 0.206 e. The van der Waals surface area contributed by atoms with Crippen LogP contribution in [0.5, 0.6) is 0 Å².